The number of hydrogen-bond donors (Lipinski definition) is 2. The lowest BCUT2D eigenvalue weighted by Crippen LogP contribution is -2.15. The average Bonchev–Trinajstić information content (AvgIpc) is 2.49. The highest BCUT2D eigenvalue weighted by Gasteiger charge is 2.08. The van der Waals surface area contributed by atoms with Gasteiger partial charge >= 0.3 is 0 Å². The van der Waals surface area contributed by atoms with E-state index < -0.39 is 0 Å². The number of thioether (sulfide) groups is 1. The van der Waals surface area contributed by atoms with Crippen LogP contribution in [0.1, 0.15) is 24.8 Å². The van der Waals surface area contributed by atoms with Gasteiger partial charge in [-0.25, -0.2) is 4.98 Å². The van der Waals surface area contributed by atoms with E-state index >= 15 is 0 Å². The van der Waals surface area contributed by atoms with Crippen LogP contribution < -0.4 is 11.1 Å². The van der Waals surface area contributed by atoms with E-state index in [0.29, 0.717) is 4.99 Å². The van der Waals surface area contributed by atoms with Crippen LogP contribution in [0.5, 0.6) is 0 Å². The molecule has 21 heavy (non-hydrogen) atoms. The first-order valence-corrected chi connectivity index (χ1v) is 8.95. The Hall–Kier alpha value is -1.33. The Morgan fingerprint density at radius 3 is 2.86 bits per heavy atom. The monoisotopic (exact) mass is 319 g/mol. The van der Waals surface area contributed by atoms with Crippen LogP contribution in [0.15, 0.2) is 30.3 Å². The third kappa shape index (κ3) is 4.58. The second-order valence-corrected chi connectivity index (χ2v) is 6.35. The van der Waals surface area contributed by atoms with Gasteiger partial charge in [0.1, 0.15) is 10.8 Å². The topological polar surface area (TPSA) is 50.9 Å². The van der Waals surface area contributed by atoms with Crippen LogP contribution >= 0.6 is 24.0 Å². The molecule has 1 aromatic heterocycles. The van der Waals surface area contributed by atoms with Gasteiger partial charge in [0, 0.05) is 11.9 Å². The summed E-state index contributed by atoms with van der Waals surface area (Å²) in [4.78, 5) is 5.03. The van der Waals surface area contributed by atoms with Crippen LogP contribution in [0.3, 0.4) is 0 Å². The van der Waals surface area contributed by atoms with Crippen LogP contribution in [0, 0.1) is 0 Å². The fraction of sp³-hybridized carbons (Fsp3) is 0.375. The summed E-state index contributed by atoms with van der Waals surface area (Å²) in [6.07, 6.45) is 5.76. The minimum atomic E-state index is 0.387. The molecule has 5 heteroatoms. The summed E-state index contributed by atoms with van der Waals surface area (Å²) in [6.45, 7) is 0.898. The van der Waals surface area contributed by atoms with Crippen molar-refractivity contribution < 1.29 is 0 Å². The van der Waals surface area contributed by atoms with E-state index in [9.17, 15) is 0 Å². The summed E-state index contributed by atoms with van der Waals surface area (Å²) in [5.74, 6) is 2.03. The molecule has 3 nitrogen and oxygen atoms in total. The number of nitrogens with zero attached hydrogens (tertiary/aromatic N) is 1. The van der Waals surface area contributed by atoms with Gasteiger partial charge in [-0.3, -0.25) is 0 Å². The second kappa shape index (κ2) is 8.20. The number of aromatic nitrogens is 1. The maximum absolute atomic E-state index is 5.82. The van der Waals surface area contributed by atoms with E-state index in [1.54, 1.807) is 0 Å². The summed E-state index contributed by atoms with van der Waals surface area (Å²) >= 11 is 7.04. The molecular weight excluding hydrogens is 298 g/mol. The molecule has 0 unspecified atom stereocenters. The summed E-state index contributed by atoms with van der Waals surface area (Å²) in [7, 11) is 0. The van der Waals surface area contributed by atoms with Crippen molar-refractivity contribution in [1.82, 2.24) is 4.98 Å². The number of pyridine rings is 1. The van der Waals surface area contributed by atoms with E-state index in [1.807, 2.05) is 42.1 Å². The van der Waals surface area contributed by atoms with Crippen molar-refractivity contribution >= 4 is 45.7 Å². The fourth-order valence-corrected chi connectivity index (χ4v) is 2.84. The SMILES string of the molecule is CSCCCCCNc1nc2ccccc2cc1C(N)=S. The van der Waals surface area contributed by atoms with Gasteiger partial charge in [-0.15, -0.1) is 0 Å². The van der Waals surface area contributed by atoms with Gasteiger partial charge in [0.25, 0.3) is 0 Å². The Morgan fingerprint density at radius 1 is 1.29 bits per heavy atom. The Bertz CT molecular complexity index is 613. The van der Waals surface area contributed by atoms with E-state index in [-0.39, 0.29) is 0 Å². The molecule has 112 valence electrons. The third-order valence-electron chi connectivity index (χ3n) is 3.31. The quantitative estimate of drug-likeness (QED) is 0.572. The van der Waals surface area contributed by atoms with E-state index in [0.717, 1.165) is 35.2 Å². The molecular formula is C16H21N3S2. The lowest BCUT2D eigenvalue weighted by Gasteiger charge is -2.11. The Labute approximate surface area is 135 Å². The lowest BCUT2D eigenvalue weighted by molar-refractivity contribution is 0.748. The number of para-hydroxylation sites is 1. The Morgan fingerprint density at radius 2 is 2.10 bits per heavy atom. The van der Waals surface area contributed by atoms with Gasteiger partial charge in [-0.2, -0.15) is 11.8 Å². The highest BCUT2D eigenvalue weighted by Crippen LogP contribution is 2.20. The van der Waals surface area contributed by atoms with Gasteiger partial charge in [-0.05, 0) is 37.0 Å². The Balaban J connectivity index is 2.06. The maximum atomic E-state index is 5.82. The molecule has 0 bridgehead atoms. The molecule has 0 amide bonds. The van der Waals surface area contributed by atoms with Gasteiger partial charge in [-0.1, -0.05) is 36.8 Å². The van der Waals surface area contributed by atoms with E-state index in [2.05, 4.69) is 16.6 Å². The van der Waals surface area contributed by atoms with Crippen molar-refractivity contribution in [1.29, 1.82) is 0 Å². The first kappa shape index (κ1) is 16.0. The summed E-state index contributed by atoms with van der Waals surface area (Å²) < 4.78 is 0. The number of thiocarbonyl (C=S) groups is 1. The fourth-order valence-electron chi connectivity index (χ4n) is 2.19. The highest BCUT2D eigenvalue weighted by atomic mass is 32.2. The minimum Gasteiger partial charge on any atom is -0.389 e. The summed E-state index contributed by atoms with van der Waals surface area (Å²) in [5.41, 5.74) is 7.61. The molecule has 1 heterocycles. The maximum Gasteiger partial charge on any atom is 0.136 e. The molecule has 0 saturated carbocycles. The number of benzene rings is 1. The zero-order valence-corrected chi connectivity index (χ0v) is 13.9. The summed E-state index contributed by atoms with van der Waals surface area (Å²) in [6, 6.07) is 10.0. The van der Waals surface area contributed by atoms with Gasteiger partial charge in [0.15, 0.2) is 0 Å². The van der Waals surface area contributed by atoms with E-state index in [1.165, 1.54) is 18.6 Å². The number of fused-ring (bicyclic) bond motifs is 1. The minimum absolute atomic E-state index is 0.387. The molecule has 1 aromatic carbocycles. The lowest BCUT2D eigenvalue weighted by atomic mass is 10.1. The number of unbranched alkanes of at least 4 members (excludes halogenated alkanes) is 2. The molecule has 2 aromatic rings. The van der Waals surface area contributed by atoms with Gasteiger partial charge in [0.2, 0.25) is 0 Å². The van der Waals surface area contributed by atoms with Crippen LogP contribution in [-0.2, 0) is 0 Å². The van der Waals surface area contributed by atoms with Crippen molar-refractivity contribution in [3.05, 3.63) is 35.9 Å². The van der Waals surface area contributed by atoms with Crippen molar-refractivity contribution in [2.45, 2.75) is 19.3 Å². The number of hydrogen-bond acceptors (Lipinski definition) is 4. The largest absolute Gasteiger partial charge is 0.389 e. The predicted molar refractivity (Wildman–Crippen MR) is 98.4 cm³/mol. The van der Waals surface area contributed by atoms with Crippen molar-refractivity contribution in [2.75, 3.05) is 23.9 Å². The molecule has 0 aliphatic rings. The van der Waals surface area contributed by atoms with Gasteiger partial charge < -0.3 is 11.1 Å². The van der Waals surface area contributed by atoms with Crippen molar-refractivity contribution in [3.63, 3.8) is 0 Å². The van der Waals surface area contributed by atoms with Crippen LogP contribution in [0.4, 0.5) is 5.82 Å². The molecule has 3 N–H and O–H groups in total. The zero-order chi connectivity index (χ0) is 15.1. The third-order valence-corrected chi connectivity index (χ3v) is 4.22. The number of rotatable bonds is 8. The normalized spacial score (nSPS) is 10.7. The predicted octanol–water partition coefficient (Wildman–Crippen LogP) is 3.81. The molecule has 0 radical (unpaired) electrons. The van der Waals surface area contributed by atoms with Crippen LogP contribution in [0.25, 0.3) is 10.9 Å². The van der Waals surface area contributed by atoms with Gasteiger partial charge in [0.05, 0.1) is 11.1 Å². The molecule has 2 rings (SSSR count). The molecule has 0 spiro atoms. The van der Waals surface area contributed by atoms with Crippen molar-refractivity contribution in [3.8, 4) is 0 Å². The molecule has 0 atom stereocenters. The number of nitrogens with two attached hydrogens (primary N) is 1. The van der Waals surface area contributed by atoms with Crippen LogP contribution in [-0.4, -0.2) is 28.5 Å². The highest BCUT2D eigenvalue weighted by molar-refractivity contribution is 7.98. The Kier molecular flexibility index (Phi) is 6.26. The smallest absolute Gasteiger partial charge is 0.136 e. The average molecular weight is 319 g/mol. The number of nitrogens with one attached hydrogen (secondary N) is 1. The molecule has 0 saturated heterocycles. The second-order valence-electron chi connectivity index (χ2n) is 4.92. The standard InChI is InChI=1S/C16H21N3S2/c1-21-10-6-2-5-9-18-16-13(15(17)20)11-12-7-3-4-8-14(12)19-16/h3-4,7-8,11H,2,5-6,9-10H2,1H3,(H2,17,20)(H,18,19). The molecule has 0 aliphatic carbocycles. The van der Waals surface area contributed by atoms with Crippen molar-refractivity contribution in [2.24, 2.45) is 5.73 Å². The first-order valence-electron chi connectivity index (χ1n) is 7.15. The van der Waals surface area contributed by atoms with Crippen LogP contribution in [0.2, 0.25) is 0 Å². The molecule has 0 fully saturated rings. The molecule has 0 aliphatic heterocycles. The van der Waals surface area contributed by atoms with E-state index in [4.69, 9.17) is 18.0 Å². The summed E-state index contributed by atoms with van der Waals surface area (Å²) in [5, 5.41) is 4.44. The number of anilines is 1. The first-order chi connectivity index (χ1) is 10.2. The zero-order valence-electron chi connectivity index (χ0n) is 12.3.